The minimum atomic E-state index is -3.32. The number of carbonyl (C=O) groups excluding carboxylic acids is 1. The number of nitrogens with one attached hydrogen (secondary N) is 1. The number of hydrogen-bond donors (Lipinski definition) is 1. The molecule has 0 aliphatic heterocycles. The first-order valence-electron chi connectivity index (χ1n) is 8.80. The Morgan fingerprint density at radius 2 is 1.64 bits per heavy atom. The normalized spacial score (nSPS) is 11.0. The smallest absolute Gasteiger partial charge is 0.258 e. The van der Waals surface area contributed by atoms with Gasteiger partial charge in [0, 0.05) is 7.05 Å². The Hall–Kier alpha value is -2.74. The van der Waals surface area contributed by atoms with E-state index < -0.39 is 10.0 Å². The molecule has 0 saturated carbocycles. The zero-order chi connectivity index (χ0) is 20.7. The lowest BCUT2D eigenvalue weighted by Gasteiger charge is -2.16. The standard InChI is InChI=1S/C20H26N2O5S/c1-15-5-8-19(13-16(15)2)26-12-11-21-20(23)14-27-18-9-6-17(7-10-18)22(3)28(4,24)25/h5-10,13H,11-12,14H2,1-4H3,(H,21,23). The summed E-state index contributed by atoms with van der Waals surface area (Å²) in [4.78, 5) is 11.9. The van der Waals surface area contributed by atoms with Crippen molar-refractivity contribution in [3.05, 3.63) is 53.6 Å². The first-order valence-corrected chi connectivity index (χ1v) is 10.6. The lowest BCUT2D eigenvalue weighted by molar-refractivity contribution is -0.123. The molecule has 0 aliphatic rings. The minimum absolute atomic E-state index is 0.134. The lowest BCUT2D eigenvalue weighted by atomic mass is 10.1. The first-order chi connectivity index (χ1) is 13.2. The van der Waals surface area contributed by atoms with Crippen LogP contribution in [-0.4, -0.2) is 47.4 Å². The zero-order valence-electron chi connectivity index (χ0n) is 16.6. The second-order valence-corrected chi connectivity index (χ2v) is 8.47. The fraction of sp³-hybridized carbons (Fsp3) is 0.350. The molecule has 0 aromatic heterocycles. The Bertz CT molecular complexity index is 911. The van der Waals surface area contributed by atoms with Gasteiger partial charge in [-0.15, -0.1) is 0 Å². The molecule has 0 fully saturated rings. The third kappa shape index (κ3) is 6.45. The topological polar surface area (TPSA) is 84.9 Å². The molecule has 0 bridgehead atoms. The number of hydrogen-bond acceptors (Lipinski definition) is 5. The molecule has 152 valence electrons. The number of rotatable bonds is 9. The third-order valence-electron chi connectivity index (χ3n) is 4.24. The molecule has 0 spiro atoms. The van der Waals surface area contributed by atoms with Crippen LogP contribution in [0.2, 0.25) is 0 Å². The van der Waals surface area contributed by atoms with Gasteiger partial charge in [0.05, 0.1) is 18.5 Å². The van der Waals surface area contributed by atoms with Crippen molar-refractivity contribution in [1.29, 1.82) is 0 Å². The fourth-order valence-electron chi connectivity index (χ4n) is 2.31. The van der Waals surface area contributed by atoms with Crippen molar-refractivity contribution < 1.29 is 22.7 Å². The van der Waals surface area contributed by atoms with Crippen molar-refractivity contribution in [3.8, 4) is 11.5 Å². The number of sulfonamides is 1. The SMILES string of the molecule is Cc1ccc(OCCNC(=O)COc2ccc(N(C)S(C)(=O)=O)cc2)cc1C. The molecule has 0 atom stereocenters. The summed E-state index contributed by atoms with van der Waals surface area (Å²) >= 11 is 0. The molecule has 0 radical (unpaired) electrons. The highest BCUT2D eigenvalue weighted by atomic mass is 32.2. The van der Waals surface area contributed by atoms with Crippen LogP contribution in [-0.2, 0) is 14.8 Å². The van der Waals surface area contributed by atoms with E-state index in [1.807, 2.05) is 32.0 Å². The zero-order valence-corrected chi connectivity index (χ0v) is 17.4. The van der Waals surface area contributed by atoms with E-state index in [9.17, 15) is 13.2 Å². The largest absolute Gasteiger partial charge is 0.492 e. The van der Waals surface area contributed by atoms with Gasteiger partial charge in [-0.05, 0) is 61.4 Å². The van der Waals surface area contributed by atoms with Crippen LogP contribution < -0.4 is 19.1 Å². The monoisotopic (exact) mass is 406 g/mol. The number of nitrogens with zero attached hydrogens (tertiary/aromatic N) is 1. The summed E-state index contributed by atoms with van der Waals surface area (Å²) < 4.78 is 35.2. The Kier molecular flexibility index (Phi) is 7.28. The van der Waals surface area contributed by atoms with Crippen molar-refractivity contribution in [1.82, 2.24) is 5.32 Å². The van der Waals surface area contributed by atoms with Crippen molar-refractivity contribution in [2.45, 2.75) is 13.8 Å². The van der Waals surface area contributed by atoms with E-state index >= 15 is 0 Å². The van der Waals surface area contributed by atoms with E-state index in [-0.39, 0.29) is 12.5 Å². The highest BCUT2D eigenvalue weighted by Crippen LogP contribution is 2.20. The van der Waals surface area contributed by atoms with E-state index in [2.05, 4.69) is 5.32 Å². The van der Waals surface area contributed by atoms with Crippen LogP contribution in [0, 0.1) is 13.8 Å². The van der Waals surface area contributed by atoms with Crippen LogP contribution >= 0.6 is 0 Å². The highest BCUT2D eigenvalue weighted by Gasteiger charge is 2.11. The van der Waals surface area contributed by atoms with Crippen molar-refractivity contribution >= 4 is 21.6 Å². The number of carbonyl (C=O) groups is 1. The van der Waals surface area contributed by atoms with E-state index in [4.69, 9.17) is 9.47 Å². The molecule has 2 aromatic carbocycles. The van der Waals surface area contributed by atoms with Gasteiger partial charge < -0.3 is 14.8 Å². The Labute approximate surface area is 166 Å². The maximum Gasteiger partial charge on any atom is 0.258 e. The molecule has 0 heterocycles. The number of ether oxygens (including phenoxy) is 2. The molecule has 0 saturated heterocycles. The van der Waals surface area contributed by atoms with Gasteiger partial charge in [-0.25, -0.2) is 8.42 Å². The summed E-state index contributed by atoms with van der Waals surface area (Å²) in [7, 11) is -1.84. The quantitative estimate of drug-likeness (QED) is 0.646. The van der Waals surface area contributed by atoms with Gasteiger partial charge in [-0.1, -0.05) is 6.07 Å². The molecule has 0 aliphatic carbocycles. The number of aryl methyl sites for hydroxylation is 2. The molecule has 1 amide bonds. The molecule has 2 rings (SSSR count). The molecule has 7 nitrogen and oxygen atoms in total. The Morgan fingerprint density at radius 3 is 2.25 bits per heavy atom. The predicted octanol–water partition coefficient (Wildman–Crippen LogP) is 2.27. The van der Waals surface area contributed by atoms with Crippen LogP contribution in [0.25, 0.3) is 0 Å². The number of anilines is 1. The van der Waals surface area contributed by atoms with Gasteiger partial charge in [0.1, 0.15) is 18.1 Å². The van der Waals surface area contributed by atoms with Crippen molar-refractivity contribution in [2.24, 2.45) is 0 Å². The van der Waals surface area contributed by atoms with E-state index in [1.54, 1.807) is 24.3 Å². The van der Waals surface area contributed by atoms with Gasteiger partial charge >= 0.3 is 0 Å². The predicted molar refractivity (Wildman–Crippen MR) is 110 cm³/mol. The van der Waals surface area contributed by atoms with Crippen LogP contribution in [0.5, 0.6) is 11.5 Å². The summed E-state index contributed by atoms with van der Waals surface area (Å²) in [6, 6.07) is 12.3. The third-order valence-corrected chi connectivity index (χ3v) is 5.44. The van der Waals surface area contributed by atoms with E-state index in [0.29, 0.717) is 24.6 Å². The van der Waals surface area contributed by atoms with E-state index in [0.717, 1.165) is 17.6 Å². The average molecular weight is 407 g/mol. The van der Waals surface area contributed by atoms with Crippen LogP contribution in [0.1, 0.15) is 11.1 Å². The number of benzene rings is 2. The fourth-order valence-corrected chi connectivity index (χ4v) is 2.81. The van der Waals surface area contributed by atoms with Crippen molar-refractivity contribution in [2.75, 3.05) is 37.4 Å². The molecule has 28 heavy (non-hydrogen) atoms. The second-order valence-electron chi connectivity index (χ2n) is 6.46. The van der Waals surface area contributed by atoms with Crippen molar-refractivity contribution in [3.63, 3.8) is 0 Å². The molecule has 1 N–H and O–H groups in total. The molecular weight excluding hydrogens is 380 g/mol. The van der Waals surface area contributed by atoms with Gasteiger partial charge in [0.25, 0.3) is 5.91 Å². The summed E-state index contributed by atoms with van der Waals surface area (Å²) in [5, 5.41) is 2.72. The average Bonchev–Trinajstić information content (AvgIpc) is 2.65. The summed E-state index contributed by atoms with van der Waals surface area (Å²) in [5.74, 6) is 0.987. The second kappa shape index (κ2) is 9.45. The molecule has 8 heteroatoms. The number of amides is 1. The van der Waals surface area contributed by atoms with E-state index in [1.165, 1.54) is 16.9 Å². The summed E-state index contributed by atoms with van der Waals surface area (Å²) in [6.45, 7) is 4.66. The van der Waals surface area contributed by atoms with Gasteiger partial charge in [-0.2, -0.15) is 0 Å². The summed E-state index contributed by atoms with van der Waals surface area (Å²) in [5.41, 5.74) is 2.88. The maximum atomic E-state index is 11.9. The minimum Gasteiger partial charge on any atom is -0.492 e. The molecule has 2 aromatic rings. The highest BCUT2D eigenvalue weighted by molar-refractivity contribution is 7.92. The Balaban J connectivity index is 1.71. The van der Waals surface area contributed by atoms with Gasteiger partial charge in [0.2, 0.25) is 10.0 Å². The lowest BCUT2D eigenvalue weighted by Crippen LogP contribution is -2.32. The Morgan fingerprint density at radius 1 is 1.00 bits per heavy atom. The van der Waals surface area contributed by atoms with Crippen LogP contribution in [0.3, 0.4) is 0 Å². The molecular formula is C20H26N2O5S. The maximum absolute atomic E-state index is 11.9. The molecule has 0 unspecified atom stereocenters. The van der Waals surface area contributed by atoms with Gasteiger partial charge in [0.15, 0.2) is 6.61 Å². The van der Waals surface area contributed by atoms with Crippen LogP contribution in [0.4, 0.5) is 5.69 Å². The summed E-state index contributed by atoms with van der Waals surface area (Å²) in [6.07, 6.45) is 1.13. The van der Waals surface area contributed by atoms with Gasteiger partial charge in [-0.3, -0.25) is 9.10 Å². The van der Waals surface area contributed by atoms with Crippen LogP contribution in [0.15, 0.2) is 42.5 Å². The first kappa shape index (κ1) is 21.6.